The van der Waals surface area contributed by atoms with E-state index in [1.165, 1.54) is 19.3 Å². The van der Waals surface area contributed by atoms with Crippen LogP contribution in [0.5, 0.6) is 0 Å². The van der Waals surface area contributed by atoms with Crippen LogP contribution in [0.3, 0.4) is 0 Å². The van der Waals surface area contributed by atoms with E-state index in [0.717, 1.165) is 6.42 Å². The van der Waals surface area contributed by atoms with Crippen molar-refractivity contribution in [3.05, 3.63) is 27.7 Å². The molecule has 5 radical (unpaired) electrons. The Kier molecular flexibility index (Phi) is 68.7. The van der Waals surface area contributed by atoms with Gasteiger partial charge in [-0.05, 0) is 0 Å². The van der Waals surface area contributed by atoms with Crippen LogP contribution in [0.25, 0.3) is 0 Å². The van der Waals surface area contributed by atoms with E-state index >= 15 is 0 Å². The second-order valence-corrected chi connectivity index (χ2v) is 2.80. The molecule has 0 nitrogen and oxygen atoms in total. The van der Waals surface area contributed by atoms with E-state index in [1.54, 1.807) is 0 Å². The van der Waals surface area contributed by atoms with Crippen molar-refractivity contribution in [2.45, 2.75) is 25.7 Å². The molecule has 1 aliphatic carbocycles. The summed E-state index contributed by atoms with van der Waals surface area (Å²) < 4.78 is 0. The molecular weight excluding hydrogens is 565 g/mol. The second-order valence-electron chi connectivity index (χ2n) is 2.80. The van der Waals surface area contributed by atoms with E-state index in [4.69, 9.17) is 0 Å². The zero-order valence-electron chi connectivity index (χ0n) is 9.70. The fourth-order valence-electron chi connectivity index (χ4n) is 1.11. The average molecular weight is 583 g/mol. The van der Waals surface area contributed by atoms with Crippen LogP contribution in [0.2, 0.25) is 0 Å². The van der Waals surface area contributed by atoms with Crippen LogP contribution in [0.4, 0.5) is 0 Å². The Labute approximate surface area is 223 Å². The maximum absolute atomic E-state index is 3.96. The molecule has 15 heavy (non-hydrogen) atoms. The second kappa shape index (κ2) is 27.8. The standard InChI is InChI=1S/C7H12.C3H6.5Y/c1-6-4-3-5-7(6)2;1-3-2;;;;;/h6-7H,1-5H2;1-3H2;;;;;/q2*-2;;;;;. The molecule has 0 heterocycles. The fraction of sp³-hybridized carbons (Fsp3) is 0.600. The summed E-state index contributed by atoms with van der Waals surface area (Å²) in [5.74, 6) is 1.31. The van der Waals surface area contributed by atoms with E-state index in [-0.39, 0.29) is 164 Å². The van der Waals surface area contributed by atoms with Gasteiger partial charge in [-0.3, -0.25) is 0 Å². The molecule has 0 aromatic rings. The van der Waals surface area contributed by atoms with Gasteiger partial charge in [0.1, 0.15) is 0 Å². The molecule has 1 rings (SSSR count). The van der Waals surface area contributed by atoms with E-state index in [9.17, 15) is 0 Å². The van der Waals surface area contributed by atoms with Crippen molar-refractivity contribution in [3.8, 4) is 0 Å². The van der Waals surface area contributed by atoms with Gasteiger partial charge >= 0.3 is 0 Å². The van der Waals surface area contributed by atoms with E-state index < -0.39 is 0 Å². The summed E-state index contributed by atoms with van der Waals surface area (Å²) in [5, 5.41) is 0. The van der Waals surface area contributed by atoms with E-state index in [1.807, 2.05) is 0 Å². The maximum atomic E-state index is 3.96. The maximum Gasteiger partial charge on any atom is 0 e. The van der Waals surface area contributed by atoms with Gasteiger partial charge in [0.25, 0.3) is 0 Å². The average Bonchev–Trinajstić information content (AvgIpc) is 2.19. The third-order valence-electron chi connectivity index (χ3n) is 1.82. The minimum atomic E-state index is 0. The first kappa shape index (κ1) is 37.1. The van der Waals surface area contributed by atoms with Crippen LogP contribution in [0.15, 0.2) is 0 Å². The summed E-state index contributed by atoms with van der Waals surface area (Å²) in [4.78, 5) is 0. The van der Waals surface area contributed by atoms with Crippen LogP contribution in [0.1, 0.15) is 25.7 Å². The van der Waals surface area contributed by atoms with Crippen molar-refractivity contribution in [1.82, 2.24) is 0 Å². The summed E-state index contributed by atoms with van der Waals surface area (Å²) in [6.07, 6.45) is 4.70. The van der Waals surface area contributed by atoms with Crippen molar-refractivity contribution < 1.29 is 164 Å². The van der Waals surface area contributed by atoms with Crippen LogP contribution in [-0.4, -0.2) is 0 Å². The van der Waals surface area contributed by atoms with Crippen LogP contribution in [0, 0.1) is 39.5 Å². The minimum Gasteiger partial charge on any atom is -0.372 e. The first-order valence-corrected chi connectivity index (χ1v) is 3.97. The van der Waals surface area contributed by atoms with E-state index in [2.05, 4.69) is 27.7 Å². The largest absolute Gasteiger partial charge is 0.372 e. The van der Waals surface area contributed by atoms with Crippen molar-refractivity contribution >= 4 is 0 Å². The monoisotopic (exact) mass is 583 g/mol. The van der Waals surface area contributed by atoms with Gasteiger partial charge in [-0.1, -0.05) is 19.3 Å². The molecular formula is C10H18Y5-4. The first-order chi connectivity index (χ1) is 4.72. The topological polar surface area (TPSA) is 0 Å². The molecule has 0 amide bonds. The number of hydrogen-bond donors (Lipinski definition) is 0. The zero-order valence-corrected chi connectivity index (χ0v) is 23.9. The molecule has 0 aliphatic heterocycles. The molecule has 0 saturated heterocycles. The Morgan fingerprint density at radius 1 is 0.733 bits per heavy atom. The summed E-state index contributed by atoms with van der Waals surface area (Å²) in [6, 6.07) is 0. The SMILES string of the molecule is [CH2-]C1CCCC1[CH2-].[CH2-]C[CH2-].[Y].[Y].[Y].[Y].[Y]. The Morgan fingerprint density at radius 2 is 0.933 bits per heavy atom. The predicted octanol–water partition coefficient (Wildman–Crippen LogP) is 3.10. The molecule has 77 valence electrons. The Hall–Kier alpha value is 5.52. The van der Waals surface area contributed by atoms with Gasteiger partial charge in [0, 0.05) is 164 Å². The Balaban J connectivity index is -0.0000000234. The van der Waals surface area contributed by atoms with E-state index in [0.29, 0.717) is 11.8 Å². The van der Waals surface area contributed by atoms with Crippen molar-refractivity contribution in [2.75, 3.05) is 0 Å². The van der Waals surface area contributed by atoms with Gasteiger partial charge in [-0.15, -0.1) is 0 Å². The van der Waals surface area contributed by atoms with Gasteiger partial charge in [0.15, 0.2) is 0 Å². The molecule has 0 aromatic heterocycles. The molecule has 1 aliphatic rings. The van der Waals surface area contributed by atoms with Gasteiger partial charge in [0.2, 0.25) is 0 Å². The Morgan fingerprint density at radius 3 is 1.00 bits per heavy atom. The molecule has 0 N–H and O–H groups in total. The Bertz CT molecular complexity index is 72.2. The smallest absolute Gasteiger partial charge is 0 e. The van der Waals surface area contributed by atoms with Crippen LogP contribution < -0.4 is 0 Å². The summed E-state index contributed by atoms with van der Waals surface area (Å²) in [7, 11) is 0. The molecule has 1 fully saturated rings. The zero-order chi connectivity index (χ0) is 7.98. The van der Waals surface area contributed by atoms with Crippen LogP contribution in [-0.2, 0) is 164 Å². The molecule has 5 heteroatoms. The normalized spacial score (nSPS) is 20.8. The molecule has 2 unspecified atom stereocenters. The van der Waals surface area contributed by atoms with Crippen molar-refractivity contribution in [3.63, 3.8) is 0 Å². The number of rotatable bonds is 0. The van der Waals surface area contributed by atoms with Crippen molar-refractivity contribution in [2.24, 2.45) is 11.8 Å². The molecule has 0 aromatic carbocycles. The minimum absolute atomic E-state index is 0. The summed E-state index contributed by atoms with van der Waals surface area (Å²) in [5.41, 5.74) is 0. The van der Waals surface area contributed by atoms with Gasteiger partial charge < -0.3 is 34.1 Å². The van der Waals surface area contributed by atoms with Gasteiger partial charge in [-0.2, -0.15) is 11.8 Å². The van der Waals surface area contributed by atoms with Gasteiger partial charge in [-0.25, -0.2) is 0 Å². The molecule has 2 atom stereocenters. The first-order valence-electron chi connectivity index (χ1n) is 3.97. The summed E-state index contributed by atoms with van der Waals surface area (Å²) >= 11 is 0. The fourth-order valence-corrected chi connectivity index (χ4v) is 1.11. The predicted molar refractivity (Wildman–Crippen MR) is 46.9 cm³/mol. The molecule has 0 spiro atoms. The number of hydrogen-bond acceptors (Lipinski definition) is 0. The van der Waals surface area contributed by atoms with Crippen molar-refractivity contribution in [1.29, 1.82) is 0 Å². The quantitative estimate of drug-likeness (QED) is 0.386. The van der Waals surface area contributed by atoms with Gasteiger partial charge in [0.05, 0.1) is 0 Å². The molecule has 1 saturated carbocycles. The summed E-state index contributed by atoms with van der Waals surface area (Å²) in [6.45, 7) is 14.7. The van der Waals surface area contributed by atoms with Crippen LogP contribution >= 0.6 is 0 Å². The molecule has 0 bridgehead atoms. The third-order valence-corrected chi connectivity index (χ3v) is 1.82. The third kappa shape index (κ3) is 24.9.